The van der Waals surface area contributed by atoms with Gasteiger partial charge in [0.2, 0.25) is 23.6 Å². The molecule has 2 atom stereocenters. The topological polar surface area (TPSA) is 283 Å². The zero-order chi connectivity index (χ0) is 58.0. The van der Waals surface area contributed by atoms with Crippen LogP contribution in [0.3, 0.4) is 0 Å². The minimum absolute atomic E-state index is 0.0101. The number of carbonyl (C=O) groups excluding carboxylic acids is 4. The molecule has 2 aliphatic rings. The minimum atomic E-state index is -0.839. The van der Waals surface area contributed by atoms with Gasteiger partial charge in [0.25, 0.3) is 0 Å². The van der Waals surface area contributed by atoms with Gasteiger partial charge in [0, 0.05) is 61.9 Å². The van der Waals surface area contributed by atoms with Gasteiger partial charge in [0.15, 0.2) is 11.5 Å². The van der Waals surface area contributed by atoms with Gasteiger partial charge in [-0.05, 0) is 97.3 Å². The number of aromatic nitrogens is 5. The molecule has 1 saturated carbocycles. The van der Waals surface area contributed by atoms with Crippen LogP contribution in [0.5, 0.6) is 0 Å². The maximum Gasteiger partial charge on any atom is 0.243 e. The highest BCUT2D eigenvalue weighted by Crippen LogP contribution is 2.40. The van der Waals surface area contributed by atoms with E-state index in [9.17, 15) is 24.3 Å². The summed E-state index contributed by atoms with van der Waals surface area (Å²) in [5.41, 5.74) is 24.3. The number of anilines is 1. The smallest absolute Gasteiger partial charge is 0.243 e. The van der Waals surface area contributed by atoms with Crippen LogP contribution in [0.2, 0.25) is 0 Å². The predicted octanol–water partition coefficient (Wildman–Crippen LogP) is 5.42. The van der Waals surface area contributed by atoms with E-state index in [-0.39, 0.29) is 69.0 Å². The predicted molar refractivity (Wildman–Crippen MR) is 315 cm³/mol. The van der Waals surface area contributed by atoms with Crippen molar-refractivity contribution >= 4 is 51.9 Å². The van der Waals surface area contributed by atoms with Crippen LogP contribution in [-0.2, 0) is 61.4 Å². The van der Waals surface area contributed by atoms with Gasteiger partial charge < -0.3 is 61.1 Å². The third kappa shape index (κ3) is 16.4. The molecule has 1 saturated heterocycles. The van der Waals surface area contributed by atoms with Gasteiger partial charge >= 0.3 is 0 Å². The average molecular weight is 1150 g/mol. The summed E-state index contributed by atoms with van der Waals surface area (Å²) >= 11 is 1.57. The third-order valence-corrected chi connectivity index (χ3v) is 15.7. The van der Waals surface area contributed by atoms with Crippen molar-refractivity contribution in [1.82, 2.24) is 45.4 Å². The molecule has 0 bridgehead atoms. The molecule has 0 radical (unpaired) electrons. The van der Waals surface area contributed by atoms with E-state index in [4.69, 9.17) is 45.1 Å². The number of benzene rings is 3. The zero-order valence-corrected chi connectivity index (χ0v) is 47.6. The minimum Gasteiger partial charge on any atom is -0.391 e. The maximum atomic E-state index is 13.1. The van der Waals surface area contributed by atoms with Crippen molar-refractivity contribution in [3.8, 4) is 38.8 Å². The molecule has 2 fully saturated rings. The van der Waals surface area contributed by atoms with Gasteiger partial charge in [0.1, 0.15) is 17.4 Å². The van der Waals surface area contributed by atoms with Crippen molar-refractivity contribution in [1.29, 1.82) is 0 Å². The van der Waals surface area contributed by atoms with Crippen LogP contribution in [0.25, 0.3) is 49.9 Å². The molecule has 21 nitrogen and oxygen atoms in total. The standard InChI is InChI=1S/C61H73N11O10S/c1-41-56(83-40-68-41)44-11-8-43(9-12-44)37-67-60(77)52-36-48(73)39-71(52)55(76)38-66-54(75)20-25-78-27-29-80-31-33-82-34-32-81-30-28-79-26-24-64-53(74)19-10-42-5-2-6-45(35-42)50-17-18-51-59(69-50)72(58(70-51)49-7-3-23-65-57(49)62)47-15-13-46(14-16-47)61(63)21-4-22-61/h2-3,5-9,11-18,23,35,40,48,52,73H,4,10,19-22,24-34,36-39,63H2,1H3,(H2,62,65)(H,64,74)(H,66,75)(H,67,77)/t48-,52+/m1/s1. The van der Waals surface area contributed by atoms with Gasteiger partial charge in [-0.1, -0.05) is 54.6 Å². The molecule has 3 aromatic carbocycles. The summed E-state index contributed by atoms with van der Waals surface area (Å²) in [7, 11) is 0. The second kappa shape index (κ2) is 29.6. The fourth-order valence-corrected chi connectivity index (χ4v) is 10.8. The van der Waals surface area contributed by atoms with Crippen LogP contribution in [0.15, 0.2) is 109 Å². The Bertz CT molecular complexity index is 3280. The number of nitrogen functional groups attached to an aromatic ring is 1. The van der Waals surface area contributed by atoms with E-state index < -0.39 is 18.1 Å². The molecule has 7 aromatic rings. The number of thiazole rings is 1. The second-order valence-corrected chi connectivity index (χ2v) is 21.4. The monoisotopic (exact) mass is 1150 g/mol. The number of carbonyl (C=O) groups is 4. The Morgan fingerprint density at radius 1 is 0.735 bits per heavy atom. The number of aliphatic hydroxyl groups excluding tert-OH is 1. The van der Waals surface area contributed by atoms with Crippen molar-refractivity contribution in [2.75, 3.05) is 91.4 Å². The Morgan fingerprint density at radius 2 is 1.43 bits per heavy atom. The van der Waals surface area contributed by atoms with E-state index >= 15 is 0 Å². The van der Waals surface area contributed by atoms with E-state index in [1.165, 1.54) is 4.90 Å². The molecule has 1 aliphatic heterocycles. The second-order valence-electron chi connectivity index (χ2n) is 20.6. The van der Waals surface area contributed by atoms with Crippen LogP contribution in [0.4, 0.5) is 5.82 Å². The van der Waals surface area contributed by atoms with Crippen LogP contribution >= 0.6 is 11.3 Å². The van der Waals surface area contributed by atoms with Crippen LogP contribution in [0, 0.1) is 6.92 Å². The van der Waals surface area contributed by atoms with Gasteiger partial charge in [0.05, 0.1) is 106 Å². The number of ether oxygens (including phenoxy) is 5. The summed E-state index contributed by atoms with van der Waals surface area (Å²) in [6, 6.07) is 31.1. The number of nitrogens with one attached hydrogen (secondary N) is 3. The number of hydrogen-bond acceptors (Lipinski definition) is 17. The summed E-state index contributed by atoms with van der Waals surface area (Å²) in [5.74, 6) is -0.240. The van der Waals surface area contributed by atoms with E-state index in [1.54, 1.807) is 17.5 Å². The molecule has 83 heavy (non-hydrogen) atoms. The van der Waals surface area contributed by atoms with Crippen LogP contribution in [-0.4, -0.2) is 156 Å². The molecule has 8 N–H and O–H groups in total. The molecule has 9 rings (SSSR count). The first kappa shape index (κ1) is 60.1. The molecule has 1 aliphatic carbocycles. The number of fused-ring (bicyclic) bond motifs is 1. The quantitative estimate of drug-likeness (QED) is 0.0296. The maximum absolute atomic E-state index is 13.1. The fraction of sp³-hybridized carbons (Fsp3) is 0.410. The molecular formula is C61H73N11O10S. The Hall–Kier alpha value is -7.54. The molecule has 22 heteroatoms. The van der Waals surface area contributed by atoms with Crippen LogP contribution in [0.1, 0.15) is 60.9 Å². The largest absolute Gasteiger partial charge is 0.391 e. The number of nitrogens with zero attached hydrogens (tertiary/aromatic N) is 6. The van der Waals surface area contributed by atoms with Crippen LogP contribution < -0.4 is 27.4 Å². The zero-order valence-electron chi connectivity index (χ0n) is 46.8. The Balaban J connectivity index is 0.574. The highest BCUT2D eigenvalue weighted by Gasteiger charge is 2.39. The Labute approximate surface area is 486 Å². The van der Waals surface area contributed by atoms with Gasteiger partial charge in [-0.25, -0.2) is 19.9 Å². The molecule has 4 aromatic heterocycles. The fourth-order valence-electron chi connectivity index (χ4n) is 9.94. The van der Waals surface area contributed by atoms with E-state index in [0.29, 0.717) is 101 Å². The molecule has 0 unspecified atom stereocenters. The normalized spacial score (nSPS) is 15.5. The highest BCUT2D eigenvalue weighted by atomic mass is 32.1. The number of amides is 4. The number of imidazole rings is 1. The lowest BCUT2D eigenvalue weighted by Crippen LogP contribution is -2.49. The summed E-state index contributed by atoms with van der Waals surface area (Å²) in [6.45, 7) is 5.69. The SMILES string of the molecule is Cc1ncsc1-c1ccc(CNC(=O)[C@@H]2C[C@@H](O)CN2C(=O)CNC(=O)CCOCCOCCOCCOCCOCCNC(=O)CCc2cccc(-c3ccc4nc(-c5cccnc5N)n(-c5ccc(C6(N)CCC6)cc5)c4n3)c2)cc1. The lowest BCUT2D eigenvalue weighted by atomic mass is 9.73. The first-order chi connectivity index (χ1) is 40.4. The molecular weight excluding hydrogens is 1080 g/mol. The van der Waals surface area contributed by atoms with E-state index in [1.807, 2.05) is 83.7 Å². The summed E-state index contributed by atoms with van der Waals surface area (Å²) in [5, 5.41) is 18.7. The molecule has 0 spiro atoms. The highest BCUT2D eigenvalue weighted by molar-refractivity contribution is 7.13. The number of rotatable bonds is 31. The average Bonchev–Trinajstić information content (AvgIpc) is 4.19. The van der Waals surface area contributed by atoms with E-state index in [2.05, 4.69) is 56.3 Å². The number of likely N-dealkylation sites (tertiary alicyclic amines) is 1. The van der Waals surface area contributed by atoms with Crippen molar-refractivity contribution in [2.45, 2.75) is 76.1 Å². The number of nitrogens with two attached hydrogens (primary N) is 2. The van der Waals surface area contributed by atoms with Crippen molar-refractivity contribution in [3.05, 3.63) is 131 Å². The lowest BCUT2D eigenvalue weighted by Gasteiger charge is -2.38. The summed E-state index contributed by atoms with van der Waals surface area (Å²) in [6.07, 6.45) is 4.93. The first-order valence-corrected chi connectivity index (χ1v) is 29.1. The lowest BCUT2D eigenvalue weighted by molar-refractivity contribution is -0.138. The number of pyridine rings is 2. The van der Waals surface area contributed by atoms with Crippen molar-refractivity contribution in [3.63, 3.8) is 0 Å². The number of hydrogen-bond donors (Lipinski definition) is 6. The third-order valence-electron chi connectivity index (χ3n) is 14.7. The Kier molecular flexibility index (Phi) is 21.4. The van der Waals surface area contributed by atoms with Gasteiger partial charge in [-0.3, -0.25) is 23.7 Å². The summed E-state index contributed by atoms with van der Waals surface area (Å²) < 4.78 is 29.8. The van der Waals surface area contributed by atoms with Crippen molar-refractivity contribution < 1.29 is 48.0 Å². The first-order valence-electron chi connectivity index (χ1n) is 28.2. The number of β-amino-alcohol motifs (C(OH)–C–C–N with tert-alkyl or cyclic N) is 1. The van der Waals surface area contributed by atoms with Crippen molar-refractivity contribution in [2.24, 2.45) is 5.73 Å². The van der Waals surface area contributed by atoms with Gasteiger partial charge in [-0.2, -0.15) is 0 Å². The van der Waals surface area contributed by atoms with E-state index in [0.717, 1.165) is 69.0 Å². The number of aryl methyl sites for hydroxylation is 2. The number of aliphatic hydroxyl groups is 1. The molecule has 438 valence electrons. The van der Waals surface area contributed by atoms with Gasteiger partial charge in [-0.15, -0.1) is 11.3 Å². The Morgan fingerprint density at radius 3 is 2.11 bits per heavy atom. The molecule has 5 heterocycles. The molecule has 4 amide bonds. The summed E-state index contributed by atoms with van der Waals surface area (Å²) in [4.78, 5) is 72.4.